The Morgan fingerprint density at radius 1 is 1.21 bits per heavy atom. The molecule has 0 spiro atoms. The molecule has 0 aliphatic carbocycles. The molecule has 0 unspecified atom stereocenters. The molecule has 1 N–H and O–H groups in total. The molecule has 1 heterocycles. The molecule has 1 fully saturated rings. The van der Waals surface area contributed by atoms with Gasteiger partial charge in [0.05, 0.1) is 12.7 Å². The minimum absolute atomic E-state index is 0.0206. The van der Waals surface area contributed by atoms with Crippen molar-refractivity contribution >= 4 is 19.9 Å². The van der Waals surface area contributed by atoms with Gasteiger partial charge in [-0.15, -0.1) is 6.58 Å². The average molecular weight is 485 g/mol. The molecule has 1 saturated heterocycles. The third-order valence-corrected chi connectivity index (χ3v) is 11.5. The zero-order valence-corrected chi connectivity index (χ0v) is 23.3. The molecular weight excluding hydrogens is 436 g/mol. The summed E-state index contributed by atoms with van der Waals surface area (Å²) in [6.07, 6.45) is 5.46. The Hall–Kier alpha value is -0.863. The third kappa shape index (κ3) is 10.5. The second-order valence-corrected chi connectivity index (χ2v) is 16.4. The smallest absolute Gasteiger partial charge is 0.192 e. The lowest BCUT2D eigenvalue weighted by Crippen LogP contribution is -2.44. The number of rotatable bonds is 15. The number of Topliss-reactive ketones (excluding diaryl/α,β-unsaturated/α-hetero) is 2. The van der Waals surface area contributed by atoms with Gasteiger partial charge in [-0.1, -0.05) is 26.8 Å². The van der Waals surface area contributed by atoms with Gasteiger partial charge in [0.15, 0.2) is 19.9 Å². The van der Waals surface area contributed by atoms with E-state index in [4.69, 9.17) is 13.9 Å². The fraction of sp³-hybridized carbons (Fsp3) is 0.846. The topological polar surface area (TPSA) is 82.1 Å². The molecule has 0 aromatic rings. The predicted octanol–water partition coefficient (Wildman–Crippen LogP) is 5.72. The number of carbonyl (C=O) groups excluding carboxylic acids is 2. The van der Waals surface area contributed by atoms with Crippen LogP contribution in [-0.4, -0.2) is 55.2 Å². The first-order valence-electron chi connectivity index (χ1n) is 12.4. The molecule has 0 bridgehead atoms. The van der Waals surface area contributed by atoms with E-state index in [0.29, 0.717) is 38.7 Å². The van der Waals surface area contributed by atoms with Crippen molar-refractivity contribution in [3.05, 3.63) is 12.7 Å². The van der Waals surface area contributed by atoms with Crippen molar-refractivity contribution in [2.75, 3.05) is 6.61 Å². The summed E-state index contributed by atoms with van der Waals surface area (Å²) in [6.45, 7) is 20.7. The van der Waals surface area contributed by atoms with Crippen LogP contribution in [0.25, 0.3) is 0 Å². The lowest BCUT2D eigenvalue weighted by Gasteiger charge is -2.39. The maximum Gasteiger partial charge on any atom is 0.192 e. The first kappa shape index (κ1) is 30.2. The predicted molar refractivity (Wildman–Crippen MR) is 135 cm³/mol. The van der Waals surface area contributed by atoms with Gasteiger partial charge in [-0.2, -0.15) is 0 Å². The Morgan fingerprint density at radius 3 is 2.36 bits per heavy atom. The van der Waals surface area contributed by atoms with Crippen LogP contribution in [0.1, 0.15) is 92.9 Å². The van der Waals surface area contributed by atoms with Crippen molar-refractivity contribution in [3.63, 3.8) is 0 Å². The van der Waals surface area contributed by atoms with Gasteiger partial charge in [-0.25, -0.2) is 0 Å². The van der Waals surface area contributed by atoms with Crippen LogP contribution in [-0.2, 0) is 23.5 Å². The average Bonchev–Trinajstić information content (AvgIpc) is 3.02. The summed E-state index contributed by atoms with van der Waals surface area (Å²) in [5.74, 6) is -0.787. The molecule has 0 aromatic carbocycles. The Balaban J connectivity index is 2.43. The highest BCUT2D eigenvalue weighted by Gasteiger charge is 2.40. The maximum atomic E-state index is 12.6. The zero-order valence-electron chi connectivity index (χ0n) is 22.3. The number of hydrogen-bond donors (Lipinski definition) is 1. The summed E-state index contributed by atoms with van der Waals surface area (Å²) < 4.78 is 17.8. The van der Waals surface area contributed by atoms with Gasteiger partial charge >= 0.3 is 0 Å². The number of ether oxygens (including phenoxy) is 2. The van der Waals surface area contributed by atoms with Gasteiger partial charge in [0, 0.05) is 25.4 Å². The summed E-state index contributed by atoms with van der Waals surface area (Å²) >= 11 is 0. The molecule has 6 nitrogen and oxygen atoms in total. The molecule has 192 valence electrons. The maximum absolute atomic E-state index is 12.6. The normalized spacial score (nSPS) is 21.4. The molecule has 1 rings (SSSR count). The van der Waals surface area contributed by atoms with Crippen LogP contribution in [0.15, 0.2) is 12.7 Å². The van der Waals surface area contributed by atoms with E-state index in [9.17, 15) is 14.7 Å². The van der Waals surface area contributed by atoms with Crippen LogP contribution in [0, 0.1) is 0 Å². The fourth-order valence-electron chi connectivity index (χ4n) is 3.67. The third-order valence-electron chi connectivity index (χ3n) is 6.93. The number of carbonyl (C=O) groups is 2. The number of ketones is 2. The standard InChI is InChI=1S/C26H48O6Si/c1-10-12-21(32-33(8,9)24(2,3)4)17-18-26(7,29)23(28)16-15-20(27)13-11-14-22-19-30-25(5,6)31-22/h10,21-22,29H,1,11-19H2,2-9H3/t21-,22-,26-/m0/s1. The van der Waals surface area contributed by atoms with Gasteiger partial charge in [-0.05, 0) is 71.0 Å². The van der Waals surface area contributed by atoms with E-state index in [-0.39, 0.29) is 41.7 Å². The van der Waals surface area contributed by atoms with E-state index in [1.165, 1.54) is 0 Å². The first-order chi connectivity index (χ1) is 15.0. The first-order valence-corrected chi connectivity index (χ1v) is 15.3. The van der Waals surface area contributed by atoms with Crippen molar-refractivity contribution in [1.82, 2.24) is 0 Å². The van der Waals surface area contributed by atoms with E-state index in [1.54, 1.807) is 6.92 Å². The van der Waals surface area contributed by atoms with Gasteiger partial charge in [-0.3, -0.25) is 9.59 Å². The number of hydrogen-bond acceptors (Lipinski definition) is 6. The summed E-state index contributed by atoms with van der Waals surface area (Å²) in [4.78, 5) is 24.9. The van der Waals surface area contributed by atoms with Gasteiger partial charge in [0.1, 0.15) is 11.4 Å². The van der Waals surface area contributed by atoms with Gasteiger partial charge < -0.3 is 19.0 Å². The Morgan fingerprint density at radius 2 is 1.85 bits per heavy atom. The Labute approximate surface area is 202 Å². The van der Waals surface area contributed by atoms with Crippen LogP contribution < -0.4 is 0 Å². The highest BCUT2D eigenvalue weighted by Crippen LogP contribution is 2.38. The highest BCUT2D eigenvalue weighted by molar-refractivity contribution is 6.74. The minimum Gasteiger partial charge on any atom is -0.414 e. The van der Waals surface area contributed by atoms with Crippen molar-refractivity contribution in [2.45, 2.75) is 135 Å². The summed E-state index contributed by atoms with van der Waals surface area (Å²) in [7, 11) is -1.97. The van der Waals surface area contributed by atoms with E-state index < -0.39 is 19.7 Å². The zero-order chi connectivity index (χ0) is 25.5. The van der Waals surface area contributed by atoms with Crippen molar-refractivity contribution < 1.29 is 28.6 Å². The van der Waals surface area contributed by atoms with Crippen molar-refractivity contribution in [3.8, 4) is 0 Å². The monoisotopic (exact) mass is 484 g/mol. The highest BCUT2D eigenvalue weighted by atomic mass is 28.4. The Kier molecular flexibility index (Phi) is 11.2. The molecule has 0 radical (unpaired) electrons. The molecule has 0 saturated carbocycles. The second-order valence-electron chi connectivity index (χ2n) is 11.6. The van der Waals surface area contributed by atoms with Crippen LogP contribution in [0.2, 0.25) is 18.1 Å². The van der Waals surface area contributed by atoms with Crippen LogP contribution in [0.5, 0.6) is 0 Å². The summed E-state index contributed by atoms with van der Waals surface area (Å²) in [5.41, 5.74) is -1.46. The summed E-state index contributed by atoms with van der Waals surface area (Å²) in [6, 6.07) is 0. The SMILES string of the molecule is C=CC[C@@H](CC[C@](C)(O)C(=O)CCC(=O)CCC[C@H]1COC(C)(C)O1)O[Si](C)(C)C(C)(C)C. The van der Waals surface area contributed by atoms with Crippen LogP contribution >= 0.6 is 0 Å². The molecule has 33 heavy (non-hydrogen) atoms. The van der Waals surface area contributed by atoms with Crippen molar-refractivity contribution in [2.24, 2.45) is 0 Å². The van der Waals surface area contributed by atoms with Crippen molar-refractivity contribution in [1.29, 1.82) is 0 Å². The number of aliphatic hydroxyl groups is 1. The van der Waals surface area contributed by atoms with Gasteiger partial charge in [0.25, 0.3) is 0 Å². The molecule has 1 aliphatic rings. The molecule has 1 aliphatic heterocycles. The molecule has 3 atom stereocenters. The molecule has 0 aromatic heterocycles. The van der Waals surface area contributed by atoms with E-state index in [1.807, 2.05) is 19.9 Å². The van der Waals surface area contributed by atoms with Crippen LogP contribution in [0.3, 0.4) is 0 Å². The molecular formula is C26H48O6Si. The molecule has 7 heteroatoms. The van der Waals surface area contributed by atoms with Gasteiger partial charge in [0.2, 0.25) is 0 Å². The molecule has 0 amide bonds. The van der Waals surface area contributed by atoms with Crippen LogP contribution in [0.4, 0.5) is 0 Å². The largest absolute Gasteiger partial charge is 0.414 e. The lowest BCUT2D eigenvalue weighted by molar-refractivity contribution is -0.139. The van der Waals surface area contributed by atoms with E-state index in [0.717, 1.165) is 6.42 Å². The fourth-order valence-corrected chi connectivity index (χ4v) is 5.07. The summed E-state index contributed by atoms with van der Waals surface area (Å²) in [5, 5.41) is 10.9. The van der Waals surface area contributed by atoms with E-state index in [2.05, 4.69) is 40.4 Å². The van der Waals surface area contributed by atoms with E-state index >= 15 is 0 Å². The minimum atomic E-state index is -1.97. The Bertz CT molecular complexity index is 662. The lowest BCUT2D eigenvalue weighted by atomic mass is 9.89. The quantitative estimate of drug-likeness (QED) is 0.236. The second kappa shape index (κ2) is 12.2.